The van der Waals surface area contributed by atoms with Gasteiger partial charge in [0, 0.05) is 0 Å². The maximum Gasteiger partial charge on any atom is 0.403 e. The van der Waals surface area contributed by atoms with E-state index in [2.05, 4.69) is 5.32 Å². The van der Waals surface area contributed by atoms with Crippen LogP contribution in [0, 0.1) is 5.92 Å². The predicted molar refractivity (Wildman–Crippen MR) is 43.0 cm³/mol. The molecule has 0 fully saturated rings. The molecule has 0 radical (unpaired) electrons. The largest absolute Gasteiger partial charge is 0.403 e. The molecule has 2 atom stereocenters. The number of rotatable bonds is 4. The highest BCUT2D eigenvalue weighted by molar-refractivity contribution is 4.70. The lowest BCUT2D eigenvalue weighted by atomic mass is 10.1. The Balaban J connectivity index is 3.64. The molecule has 0 aliphatic rings. The molecule has 0 amide bonds. The van der Waals surface area contributed by atoms with E-state index in [0.29, 0.717) is 12.5 Å². The average molecular weight is 183 g/mol. The summed E-state index contributed by atoms with van der Waals surface area (Å²) in [7, 11) is 0. The predicted octanol–water partition coefficient (Wildman–Crippen LogP) is 2.57. The highest BCUT2D eigenvalue weighted by Gasteiger charge is 2.35. The fraction of sp³-hybridized carbons (Fsp3) is 1.00. The lowest BCUT2D eigenvalue weighted by Crippen LogP contribution is -2.41. The zero-order valence-corrected chi connectivity index (χ0v) is 7.70. The first-order chi connectivity index (χ1) is 5.38. The van der Waals surface area contributed by atoms with Crippen molar-refractivity contribution in [1.82, 2.24) is 5.32 Å². The third-order valence-corrected chi connectivity index (χ3v) is 1.96. The van der Waals surface area contributed by atoms with Crippen molar-refractivity contribution in [3.8, 4) is 0 Å². The SMILES string of the molecule is CCC(C)CNC(C)C(F)(F)F. The molecule has 0 aromatic rings. The topological polar surface area (TPSA) is 12.0 Å². The minimum absolute atomic E-state index is 0.301. The van der Waals surface area contributed by atoms with Crippen molar-refractivity contribution in [3.63, 3.8) is 0 Å². The Labute approximate surface area is 71.3 Å². The molecule has 0 saturated heterocycles. The van der Waals surface area contributed by atoms with Crippen LogP contribution in [-0.4, -0.2) is 18.8 Å². The van der Waals surface area contributed by atoms with Gasteiger partial charge in [0.1, 0.15) is 6.04 Å². The van der Waals surface area contributed by atoms with Gasteiger partial charge >= 0.3 is 6.18 Å². The second-order valence-electron chi connectivity index (χ2n) is 3.18. The van der Waals surface area contributed by atoms with Crippen LogP contribution < -0.4 is 5.32 Å². The lowest BCUT2D eigenvalue weighted by molar-refractivity contribution is -0.151. The standard InChI is InChI=1S/C8H16F3N/c1-4-6(2)5-12-7(3)8(9,10)11/h6-7,12H,4-5H2,1-3H3. The summed E-state index contributed by atoms with van der Waals surface area (Å²) in [5, 5.41) is 2.45. The maximum absolute atomic E-state index is 11.9. The van der Waals surface area contributed by atoms with Gasteiger partial charge in [-0.25, -0.2) is 0 Å². The van der Waals surface area contributed by atoms with Crippen LogP contribution in [0.2, 0.25) is 0 Å². The van der Waals surface area contributed by atoms with Crippen molar-refractivity contribution >= 4 is 0 Å². The first-order valence-corrected chi connectivity index (χ1v) is 4.18. The Hall–Kier alpha value is -0.250. The van der Waals surface area contributed by atoms with E-state index in [4.69, 9.17) is 0 Å². The van der Waals surface area contributed by atoms with E-state index in [1.165, 1.54) is 0 Å². The van der Waals surface area contributed by atoms with Crippen molar-refractivity contribution in [1.29, 1.82) is 0 Å². The van der Waals surface area contributed by atoms with E-state index >= 15 is 0 Å². The van der Waals surface area contributed by atoms with Crippen LogP contribution >= 0.6 is 0 Å². The summed E-state index contributed by atoms with van der Waals surface area (Å²) in [6, 6.07) is -1.40. The first kappa shape index (κ1) is 11.8. The van der Waals surface area contributed by atoms with Gasteiger partial charge in [-0.3, -0.25) is 0 Å². The molecular formula is C8H16F3N. The van der Waals surface area contributed by atoms with Crippen LogP contribution in [0.15, 0.2) is 0 Å². The summed E-state index contributed by atoms with van der Waals surface area (Å²) in [5.41, 5.74) is 0. The summed E-state index contributed by atoms with van der Waals surface area (Å²) in [5.74, 6) is 0.301. The molecule has 0 aromatic heterocycles. The van der Waals surface area contributed by atoms with Crippen LogP contribution in [-0.2, 0) is 0 Å². The lowest BCUT2D eigenvalue weighted by Gasteiger charge is -2.19. The summed E-state index contributed by atoms with van der Waals surface area (Å²) < 4.78 is 35.8. The maximum atomic E-state index is 11.9. The van der Waals surface area contributed by atoms with Crippen LogP contribution in [0.1, 0.15) is 27.2 Å². The minimum atomic E-state index is -4.12. The highest BCUT2D eigenvalue weighted by atomic mass is 19.4. The molecule has 0 spiro atoms. The molecular weight excluding hydrogens is 167 g/mol. The normalized spacial score (nSPS) is 17.5. The van der Waals surface area contributed by atoms with E-state index < -0.39 is 12.2 Å². The smallest absolute Gasteiger partial charge is 0.306 e. The van der Waals surface area contributed by atoms with Gasteiger partial charge in [0.15, 0.2) is 0 Å². The molecule has 0 aliphatic heterocycles. The summed E-state index contributed by atoms with van der Waals surface area (Å²) in [6.07, 6.45) is -3.22. The molecule has 0 aromatic carbocycles. The third kappa shape index (κ3) is 4.59. The zero-order chi connectivity index (χ0) is 9.78. The van der Waals surface area contributed by atoms with Gasteiger partial charge < -0.3 is 5.32 Å². The molecule has 0 heterocycles. The van der Waals surface area contributed by atoms with Crippen molar-refractivity contribution < 1.29 is 13.2 Å². The third-order valence-electron chi connectivity index (χ3n) is 1.96. The number of hydrogen-bond donors (Lipinski definition) is 1. The van der Waals surface area contributed by atoms with Crippen LogP contribution in [0.5, 0.6) is 0 Å². The van der Waals surface area contributed by atoms with E-state index in [0.717, 1.165) is 13.3 Å². The number of halogens is 3. The van der Waals surface area contributed by atoms with Crippen LogP contribution in [0.25, 0.3) is 0 Å². The molecule has 0 saturated carbocycles. The van der Waals surface area contributed by atoms with Gasteiger partial charge in [0.05, 0.1) is 0 Å². The second kappa shape index (κ2) is 4.70. The van der Waals surface area contributed by atoms with Gasteiger partial charge in [-0.1, -0.05) is 20.3 Å². The number of alkyl halides is 3. The molecule has 2 unspecified atom stereocenters. The number of nitrogens with one attached hydrogen (secondary N) is 1. The minimum Gasteiger partial charge on any atom is -0.306 e. The Morgan fingerprint density at radius 3 is 2.08 bits per heavy atom. The number of hydrogen-bond acceptors (Lipinski definition) is 1. The molecule has 1 nitrogen and oxygen atoms in total. The highest BCUT2D eigenvalue weighted by Crippen LogP contribution is 2.19. The van der Waals surface area contributed by atoms with Gasteiger partial charge in [-0.2, -0.15) is 13.2 Å². The molecule has 4 heteroatoms. The van der Waals surface area contributed by atoms with Gasteiger partial charge in [0.2, 0.25) is 0 Å². The van der Waals surface area contributed by atoms with Crippen molar-refractivity contribution in [2.75, 3.05) is 6.54 Å². The van der Waals surface area contributed by atoms with Crippen LogP contribution in [0.3, 0.4) is 0 Å². The molecule has 0 rings (SSSR count). The van der Waals surface area contributed by atoms with Gasteiger partial charge in [-0.05, 0) is 19.4 Å². The Morgan fingerprint density at radius 2 is 1.75 bits per heavy atom. The quantitative estimate of drug-likeness (QED) is 0.706. The Bertz CT molecular complexity index is 122. The molecule has 0 bridgehead atoms. The zero-order valence-electron chi connectivity index (χ0n) is 7.70. The summed E-state index contributed by atoms with van der Waals surface area (Å²) in [6.45, 7) is 5.46. The molecule has 1 N–H and O–H groups in total. The molecule has 0 aliphatic carbocycles. The van der Waals surface area contributed by atoms with E-state index in [9.17, 15) is 13.2 Å². The first-order valence-electron chi connectivity index (χ1n) is 4.18. The van der Waals surface area contributed by atoms with Crippen molar-refractivity contribution in [2.24, 2.45) is 5.92 Å². The van der Waals surface area contributed by atoms with Crippen molar-refractivity contribution in [2.45, 2.75) is 39.4 Å². The Kier molecular flexibility index (Phi) is 4.60. The van der Waals surface area contributed by atoms with E-state index in [-0.39, 0.29) is 0 Å². The Morgan fingerprint density at radius 1 is 1.25 bits per heavy atom. The van der Waals surface area contributed by atoms with E-state index in [1.807, 2.05) is 13.8 Å². The second-order valence-corrected chi connectivity index (χ2v) is 3.18. The van der Waals surface area contributed by atoms with E-state index in [1.54, 1.807) is 0 Å². The summed E-state index contributed by atoms with van der Waals surface area (Å²) in [4.78, 5) is 0. The van der Waals surface area contributed by atoms with Gasteiger partial charge in [-0.15, -0.1) is 0 Å². The fourth-order valence-corrected chi connectivity index (χ4v) is 0.638. The molecule has 74 valence electrons. The van der Waals surface area contributed by atoms with Crippen molar-refractivity contribution in [3.05, 3.63) is 0 Å². The monoisotopic (exact) mass is 183 g/mol. The van der Waals surface area contributed by atoms with Gasteiger partial charge in [0.25, 0.3) is 0 Å². The summed E-state index contributed by atoms with van der Waals surface area (Å²) >= 11 is 0. The van der Waals surface area contributed by atoms with Crippen LogP contribution in [0.4, 0.5) is 13.2 Å². The average Bonchev–Trinajstić information content (AvgIpc) is 1.97. The fourth-order valence-electron chi connectivity index (χ4n) is 0.638. The molecule has 12 heavy (non-hydrogen) atoms.